The van der Waals surface area contributed by atoms with E-state index in [0.717, 1.165) is 5.56 Å². The van der Waals surface area contributed by atoms with Crippen molar-refractivity contribution in [3.63, 3.8) is 0 Å². The average molecular weight is 300 g/mol. The molecule has 2 rings (SSSR count). The molecule has 0 spiro atoms. The molecule has 0 unspecified atom stereocenters. The first-order chi connectivity index (χ1) is 10.1. The van der Waals surface area contributed by atoms with E-state index in [1.54, 1.807) is 0 Å². The molecule has 0 aromatic heterocycles. The van der Waals surface area contributed by atoms with Crippen molar-refractivity contribution < 1.29 is 8.42 Å². The summed E-state index contributed by atoms with van der Waals surface area (Å²) in [4.78, 5) is 0.208. The highest BCUT2D eigenvalue weighted by Crippen LogP contribution is 2.18. The van der Waals surface area contributed by atoms with Gasteiger partial charge in [-0.15, -0.1) is 0 Å². The van der Waals surface area contributed by atoms with Crippen LogP contribution in [0.15, 0.2) is 59.5 Å². The van der Waals surface area contributed by atoms with Crippen molar-refractivity contribution in [3.05, 3.63) is 65.7 Å². The highest BCUT2D eigenvalue weighted by atomic mass is 32.2. The highest BCUT2D eigenvalue weighted by Gasteiger charge is 2.23. The second kappa shape index (κ2) is 6.53. The van der Waals surface area contributed by atoms with E-state index in [1.807, 2.05) is 43.3 Å². The molecule has 0 radical (unpaired) electrons. The minimum absolute atomic E-state index is 0.208. The minimum atomic E-state index is -3.55. The summed E-state index contributed by atoms with van der Waals surface area (Å²) in [6.07, 6.45) is 0. The predicted molar refractivity (Wildman–Crippen MR) is 80.9 cm³/mol. The molecule has 0 aliphatic carbocycles. The second-order valence-electron chi connectivity index (χ2n) is 4.55. The Morgan fingerprint density at radius 2 is 1.67 bits per heavy atom. The van der Waals surface area contributed by atoms with Gasteiger partial charge in [-0.2, -0.15) is 9.57 Å². The number of sulfonamides is 1. The van der Waals surface area contributed by atoms with Crippen LogP contribution < -0.4 is 0 Å². The number of rotatable bonds is 5. The van der Waals surface area contributed by atoms with Gasteiger partial charge in [-0.25, -0.2) is 8.42 Å². The largest absolute Gasteiger partial charge is 0.243 e. The summed E-state index contributed by atoms with van der Waals surface area (Å²) in [5, 5.41) is 8.77. The Hall–Kier alpha value is -2.16. The molecule has 21 heavy (non-hydrogen) atoms. The zero-order valence-electron chi connectivity index (χ0n) is 11.7. The molecule has 2 aromatic carbocycles. The third-order valence-corrected chi connectivity index (χ3v) is 5.11. The van der Waals surface area contributed by atoms with E-state index in [1.165, 1.54) is 28.6 Å². The molecule has 108 valence electrons. The van der Waals surface area contributed by atoms with Crippen LogP contribution in [-0.4, -0.2) is 19.3 Å². The molecule has 0 aliphatic heterocycles. The lowest BCUT2D eigenvalue weighted by Crippen LogP contribution is -2.30. The molecule has 0 N–H and O–H groups in total. The zero-order chi connectivity index (χ0) is 15.3. The van der Waals surface area contributed by atoms with Gasteiger partial charge >= 0.3 is 0 Å². The lowest BCUT2D eigenvalue weighted by molar-refractivity contribution is 0.423. The van der Waals surface area contributed by atoms with E-state index in [0.29, 0.717) is 18.7 Å². The van der Waals surface area contributed by atoms with Crippen molar-refractivity contribution >= 4 is 10.0 Å². The van der Waals surface area contributed by atoms with Gasteiger partial charge in [0.2, 0.25) is 10.0 Å². The molecule has 5 heteroatoms. The first-order valence-corrected chi connectivity index (χ1v) is 8.06. The maximum Gasteiger partial charge on any atom is 0.243 e. The van der Waals surface area contributed by atoms with Gasteiger partial charge in [0.15, 0.2) is 0 Å². The fourth-order valence-corrected chi connectivity index (χ4v) is 3.44. The Balaban J connectivity index is 2.29. The summed E-state index contributed by atoms with van der Waals surface area (Å²) in [7, 11) is -3.55. The van der Waals surface area contributed by atoms with E-state index in [4.69, 9.17) is 5.26 Å². The Morgan fingerprint density at radius 1 is 1.05 bits per heavy atom. The Bertz CT molecular complexity index is 732. The third-order valence-electron chi connectivity index (χ3n) is 3.18. The van der Waals surface area contributed by atoms with Crippen molar-refractivity contribution in [1.82, 2.24) is 4.31 Å². The standard InChI is InChI=1S/C16H16N2O2S/c1-2-18(13-15-6-4-3-5-7-15)21(19,20)16-10-8-14(12-17)9-11-16/h3-11H,2,13H2,1H3. The summed E-state index contributed by atoms with van der Waals surface area (Å²) < 4.78 is 26.6. The third kappa shape index (κ3) is 3.48. The Morgan fingerprint density at radius 3 is 2.19 bits per heavy atom. The summed E-state index contributed by atoms with van der Waals surface area (Å²) in [6.45, 7) is 2.53. The molecular weight excluding hydrogens is 284 g/mol. The lowest BCUT2D eigenvalue weighted by atomic mass is 10.2. The molecule has 4 nitrogen and oxygen atoms in total. The molecule has 0 saturated carbocycles. The molecule has 0 aliphatic rings. The van der Waals surface area contributed by atoms with E-state index < -0.39 is 10.0 Å². The van der Waals surface area contributed by atoms with Crippen LogP contribution in [0.1, 0.15) is 18.1 Å². The molecule has 0 heterocycles. The second-order valence-corrected chi connectivity index (χ2v) is 6.49. The van der Waals surface area contributed by atoms with Crippen LogP contribution in [-0.2, 0) is 16.6 Å². The van der Waals surface area contributed by atoms with Crippen molar-refractivity contribution in [2.75, 3.05) is 6.54 Å². The van der Waals surface area contributed by atoms with Gasteiger partial charge < -0.3 is 0 Å². The van der Waals surface area contributed by atoms with E-state index in [-0.39, 0.29) is 4.90 Å². The molecule has 0 amide bonds. The Labute approximate surface area is 125 Å². The summed E-state index contributed by atoms with van der Waals surface area (Å²) in [6, 6.07) is 17.4. The first kappa shape index (κ1) is 15.2. The van der Waals surface area contributed by atoms with Crippen LogP contribution in [0.3, 0.4) is 0 Å². The molecule has 0 fully saturated rings. The minimum Gasteiger partial charge on any atom is -0.207 e. The molecule has 0 saturated heterocycles. The zero-order valence-corrected chi connectivity index (χ0v) is 12.5. The van der Waals surface area contributed by atoms with Gasteiger partial charge in [0.1, 0.15) is 0 Å². The highest BCUT2D eigenvalue weighted by molar-refractivity contribution is 7.89. The van der Waals surface area contributed by atoms with Gasteiger partial charge in [-0.05, 0) is 29.8 Å². The summed E-state index contributed by atoms with van der Waals surface area (Å²) in [5.74, 6) is 0. The van der Waals surface area contributed by atoms with Gasteiger partial charge in [0.25, 0.3) is 0 Å². The van der Waals surface area contributed by atoms with Crippen molar-refractivity contribution in [2.45, 2.75) is 18.4 Å². The van der Waals surface area contributed by atoms with Gasteiger partial charge in [-0.1, -0.05) is 37.3 Å². The van der Waals surface area contributed by atoms with Gasteiger partial charge in [-0.3, -0.25) is 0 Å². The molecule has 0 atom stereocenters. The number of benzene rings is 2. The molecule has 2 aromatic rings. The average Bonchev–Trinajstić information content (AvgIpc) is 2.53. The van der Waals surface area contributed by atoms with Crippen molar-refractivity contribution in [1.29, 1.82) is 5.26 Å². The maximum atomic E-state index is 12.6. The van der Waals surface area contributed by atoms with Crippen LogP contribution in [0.5, 0.6) is 0 Å². The normalized spacial score (nSPS) is 11.3. The number of hydrogen-bond donors (Lipinski definition) is 0. The molecule has 0 bridgehead atoms. The maximum absolute atomic E-state index is 12.6. The lowest BCUT2D eigenvalue weighted by Gasteiger charge is -2.20. The number of nitrogens with zero attached hydrogens (tertiary/aromatic N) is 2. The van der Waals surface area contributed by atoms with Crippen molar-refractivity contribution in [3.8, 4) is 6.07 Å². The van der Waals surface area contributed by atoms with Crippen molar-refractivity contribution in [2.24, 2.45) is 0 Å². The van der Waals surface area contributed by atoms with E-state index in [9.17, 15) is 8.42 Å². The SMILES string of the molecule is CCN(Cc1ccccc1)S(=O)(=O)c1ccc(C#N)cc1. The smallest absolute Gasteiger partial charge is 0.207 e. The van der Waals surface area contributed by atoms with Crippen LogP contribution in [0.2, 0.25) is 0 Å². The van der Waals surface area contributed by atoms with Crippen LogP contribution in [0, 0.1) is 11.3 Å². The quantitative estimate of drug-likeness (QED) is 0.853. The van der Waals surface area contributed by atoms with Gasteiger partial charge in [0.05, 0.1) is 16.5 Å². The van der Waals surface area contributed by atoms with Gasteiger partial charge in [0, 0.05) is 13.1 Å². The summed E-state index contributed by atoms with van der Waals surface area (Å²) >= 11 is 0. The van der Waals surface area contributed by atoms with E-state index in [2.05, 4.69) is 0 Å². The topological polar surface area (TPSA) is 61.2 Å². The fraction of sp³-hybridized carbons (Fsp3) is 0.188. The van der Waals surface area contributed by atoms with Crippen LogP contribution >= 0.6 is 0 Å². The number of nitriles is 1. The monoisotopic (exact) mass is 300 g/mol. The van der Waals surface area contributed by atoms with Crippen LogP contribution in [0.25, 0.3) is 0 Å². The van der Waals surface area contributed by atoms with Crippen LogP contribution in [0.4, 0.5) is 0 Å². The fourth-order valence-electron chi connectivity index (χ4n) is 2.00. The molecular formula is C16H16N2O2S. The number of hydrogen-bond acceptors (Lipinski definition) is 3. The summed E-state index contributed by atoms with van der Waals surface area (Å²) in [5.41, 5.74) is 1.39. The Kier molecular flexibility index (Phi) is 4.73. The predicted octanol–water partition coefficient (Wildman–Crippen LogP) is 2.77. The van der Waals surface area contributed by atoms with E-state index >= 15 is 0 Å². The first-order valence-electron chi connectivity index (χ1n) is 6.62.